The predicted octanol–water partition coefficient (Wildman–Crippen LogP) is 6.12. The minimum atomic E-state index is 0.457. The Bertz CT molecular complexity index is 750. The van der Waals surface area contributed by atoms with Crippen LogP contribution in [0.3, 0.4) is 0 Å². The summed E-state index contributed by atoms with van der Waals surface area (Å²) in [6, 6.07) is 12.0. The van der Waals surface area contributed by atoms with E-state index in [1.807, 2.05) is 0 Å². The molecule has 0 spiro atoms. The van der Waals surface area contributed by atoms with Gasteiger partial charge in [0.05, 0.1) is 0 Å². The Hall–Kier alpha value is -1.56. The van der Waals surface area contributed by atoms with Crippen LogP contribution in [0.15, 0.2) is 36.4 Å². The van der Waals surface area contributed by atoms with Crippen LogP contribution < -0.4 is 0 Å². The summed E-state index contributed by atoms with van der Waals surface area (Å²) in [4.78, 5) is 0. The van der Waals surface area contributed by atoms with E-state index in [1.54, 1.807) is 5.56 Å². The molecule has 0 radical (unpaired) electrons. The van der Waals surface area contributed by atoms with Crippen LogP contribution in [0, 0.1) is 11.8 Å². The fourth-order valence-electron chi connectivity index (χ4n) is 4.51. The van der Waals surface area contributed by atoms with E-state index in [4.69, 9.17) is 0 Å². The third-order valence-corrected chi connectivity index (χ3v) is 5.78. The van der Waals surface area contributed by atoms with E-state index in [0.717, 1.165) is 11.8 Å². The molecule has 0 aromatic heterocycles. The highest BCUT2D eigenvalue weighted by Crippen LogP contribution is 2.58. The number of allylic oxidation sites excluding steroid dienone is 1. The summed E-state index contributed by atoms with van der Waals surface area (Å²) >= 11 is 0. The van der Waals surface area contributed by atoms with Crippen molar-refractivity contribution in [3.05, 3.63) is 53.1 Å². The first-order chi connectivity index (χ1) is 10.6. The maximum atomic E-state index is 2.49. The van der Waals surface area contributed by atoms with Gasteiger partial charge in [0.2, 0.25) is 0 Å². The van der Waals surface area contributed by atoms with Crippen molar-refractivity contribution in [2.75, 3.05) is 0 Å². The number of benzene rings is 2. The number of fused-ring (bicyclic) bond motifs is 2. The summed E-state index contributed by atoms with van der Waals surface area (Å²) in [7, 11) is 0. The monoisotopic (exact) mass is 290 g/mol. The predicted molar refractivity (Wildman–Crippen MR) is 96.2 cm³/mol. The van der Waals surface area contributed by atoms with E-state index in [2.05, 4.69) is 63.3 Å². The smallest absolute Gasteiger partial charge is 0.00156 e. The molecule has 0 saturated heterocycles. The summed E-state index contributed by atoms with van der Waals surface area (Å²) in [5.41, 5.74) is 4.97. The second-order valence-electron chi connectivity index (χ2n) is 7.91. The van der Waals surface area contributed by atoms with Crippen LogP contribution in [0.4, 0.5) is 0 Å². The molecule has 0 aliphatic heterocycles. The van der Waals surface area contributed by atoms with Crippen molar-refractivity contribution in [1.82, 2.24) is 0 Å². The molecular formula is C22H26. The van der Waals surface area contributed by atoms with Crippen LogP contribution in [0.5, 0.6) is 0 Å². The van der Waals surface area contributed by atoms with Crippen molar-refractivity contribution in [2.24, 2.45) is 11.8 Å². The number of aryl methyl sites for hydroxylation is 1. The molecule has 1 fully saturated rings. The molecule has 0 nitrogen and oxygen atoms in total. The Morgan fingerprint density at radius 1 is 1.14 bits per heavy atom. The Morgan fingerprint density at radius 3 is 2.68 bits per heavy atom. The Labute approximate surface area is 134 Å². The van der Waals surface area contributed by atoms with Crippen LogP contribution in [0.1, 0.15) is 56.7 Å². The molecular weight excluding hydrogens is 264 g/mol. The van der Waals surface area contributed by atoms with Crippen molar-refractivity contribution in [3.8, 4) is 0 Å². The van der Waals surface area contributed by atoms with E-state index < -0.39 is 0 Å². The van der Waals surface area contributed by atoms with Gasteiger partial charge in [0.1, 0.15) is 0 Å². The molecule has 1 saturated carbocycles. The zero-order valence-corrected chi connectivity index (χ0v) is 14.0. The van der Waals surface area contributed by atoms with Gasteiger partial charge in [-0.3, -0.25) is 0 Å². The maximum Gasteiger partial charge on any atom is -0.00156 e. The third-order valence-electron chi connectivity index (χ3n) is 5.78. The molecule has 2 aromatic carbocycles. The van der Waals surface area contributed by atoms with E-state index in [9.17, 15) is 0 Å². The van der Waals surface area contributed by atoms with Crippen molar-refractivity contribution in [3.63, 3.8) is 0 Å². The lowest BCUT2D eigenvalue weighted by molar-refractivity contribution is 0.463. The quantitative estimate of drug-likeness (QED) is 0.638. The van der Waals surface area contributed by atoms with Gasteiger partial charge < -0.3 is 0 Å². The van der Waals surface area contributed by atoms with Gasteiger partial charge in [0.25, 0.3) is 0 Å². The van der Waals surface area contributed by atoms with Gasteiger partial charge in [-0.15, -0.1) is 0 Å². The van der Waals surface area contributed by atoms with Crippen LogP contribution in [0.2, 0.25) is 0 Å². The molecule has 2 aromatic rings. The fourth-order valence-corrected chi connectivity index (χ4v) is 4.51. The lowest BCUT2D eigenvalue weighted by atomic mass is 9.84. The van der Waals surface area contributed by atoms with Crippen LogP contribution in [0.25, 0.3) is 16.8 Å². The van der Waals surface area contributed by atoms with Gasteiger partial charge in [0.15, 0.2) is 0 Å². The second-order valence-corrected chi connectivity index (χ2v) is 7.91. The average Bonchev–Trinajstić information content (AvgIpc) is 3.14. The molecule has 2 aliphatic carbocycles. The lowest BCUT2D eigenvalue weighted by Crippen LogP contribution is -2.12. The zero-order chi connectivity index (χ0) is 15.3. The molecule has 0 heteroatoms. The van der Waals surface area contributed by atoms with Crippen molar-refractivity contribution < 1.29 is 0 Å². The number of rotatable bonds is 3. The normalized spacial score (nSPS) is 26.5. The van der Waals surface area contributed by atoms with Gasteiger partial charge in [-0.25, -0.2) is 0 Å². The Balaban J connectivity index is 1.79. The van der Waals surface area contributed by atoms with Gasteiger partial charge in [-0.2, -0.15) is 0 Å². The summed E-state index contributed by atoms with van der Waals surface area (Å²) in [6.45, 7) is 7.14. The molecule has 0 heterocycles. The maximum absolute atomic E-state index is 2.49. The highest BCUT2D eigenvalue weighted by atomic mass is 14.6. The van der Waals surface area contributed by atoms with Crippen LogP contribution >= 0.6 is 0 Å². The van der Waals surface area contributed by atoms with Gasteiger partial charge in [-0.1, -0.05) is 57.2 Å². The Kier molecular flexibility index (Phi) is 3.18. The van der Waals surface area contributed by atoms with Gasteiger partial charge in [0, 0.05) is 0 Å². The molecule has 0 amide bonds. The topological polar surface area (TPSA) is 0 Å². The van der Waals surface area contributed by atoms with E-state index in [1.165, 1.54) is 47.6 Å². The van der Waals surface area contributed by atoms with Gasteiger partial charge in [-0.05, 0) is 76.5 Å². The largest absolute Gasteiger partial charge is 0.0836 e. The molecule has 0 N–H and O–H groups in total. The van der Waals surface area contributed by atoms with Crippen LogP contribution in [-0.2, 0) is 11.8 Å². The molecule has 4 rings (SSSR count). The molecule has 2 unspecified atom stereocenters. The molecule has 2 atom stereocenters. The highest BCUT2D eigenvalue weighted by molar-refractivity contribution is 5.87. The van der Waals surface area contributed by atoms with Crippen molar-refractivity contribution in [1.29, 1.82) is 0 Å². The second kappa shape index (κ2) is 4.98. The average molecular weight is 290 g/mol. The lowest BCUT2D eigenvalue weighted by Gasteiger charge is -2.21. The Morgan fingerprint density at radius 2 is 1.95 bits per heavy atom. The third kappa shape index (κ3) is 2.20. The zero-order valence-electron chi connectivity index (χ0n) is 14.0. The summed E-state index contributed by atoms with van der Waals surface area (Å²) in [5, 5.41) is 2.83. The van der Waals surface area contributed by atoms with Crippen molar-refractivity contribution >= 4 is 16.8 Å². The summed E-state index contributed by atoms with van der Waals surface area (Å²) < 4.78 is 0. The van der Waals surface area contributed by atoms with E-state index >= 15 is 0 Å². The molecule has 114 valence electrons. The van der Waals surface area contributed by atoms with E-state index in [-0.39, 0.29) is 0 Å². The molecule has 2 aliphatic rings. The summed E-state index contributed by atoms with van der Waals surface area (Å²) in [5.74, 6) is 1.61. The SMILES string of the molecule is CC(C)CC1(c2ccc3cc4c(cc3c2)CCC=C4)CC1C. The summed E-state index contributed by atoms with van der Waals surface area (Å²) in [6.07, 6.45) is 9.66. The minimum Gasteiger partial charge on any atom is -0.0836 e. The standard InChI is InChI=1S/C22H26/c1-15(2)13-22(14-16(22)3)21-9-8-19-10-17-6-4-5-7-18(17)11-20(19)12-21/h4,6,8-12,15-16H,5,7,13-14H2,1-3H3. The first kappa shape index (κ1) is 14.1. The highest BCUT2D eigenvalue weighted by Gasteiger charge is 2.51. The number of hydrogen-bond donors (Lipinski definition) is 0. The van der Waals surface area contributed by atoms with Gasteiger partial charge >= 0.3 is 0 Å². The van der Waals surface area contributed by atoms with Crippen molar-refractivity contribution in [2.45, 2.75) is 51.9 Å². The van der Waals surface area contributed by atoms with E-state index in [0.29, 0.717) is 5.41 Å². The number of hydrogen-bond acceptors (Lipinski definition) is 0. The first-order valence-electron chi connectivity index (χ1n) is 8.82. The molecule has 22 heavy (non-hydrogen) atoms. The first-order valence-corrected chi connectivity index (χ1v) is 8.82. The fraction of sp³-hybridized carbons (Fsp3) is 0.455. The minimum absolute atomic E-state index is 0.457. The molecule has 0 bridgehead atoms. The van der Waals surface area contributed by atoms with Crippen LogP contribution in [-0.4, -0.2) is 0 Å².